The lowest BCUT2D eigenvalue weighted by Gasteiger charge is -2.25. The standard InChI is InChI=1S/C19H21NO2/c1-12-4-5-15-6-7-17(22-18(15)11-12)19(21)20-16-9-13(2)8-14(3)10-16/h4-5,8-11,17H,6-7H2,1-3H3,(H,20,21). The normalized spacial score (nSPS) is 16.6. The molecule has 0 fully saturated rings. The second kappa shape index (κ2) is 5.84. The molecule has 0 bridgehead atoms. The van der Waals surface area contributed by atoms with Gasteiger partial charge in [-0.15, -0.1) is 0 Å². The molecule has 1 aliphatic rings. The number of benzene rings is 2. The van der Waals surface area contributed by atoms with Crippen molar-refractivity contribution in [3.8, 4) is 5.75 Å². The maximum Gasteiger partial charge on any atom is 0.265 e. The van der Waals surface area contributed by atoms with Crippen molar-refractivity contribution in [3.63, 3.8) is 0 Å². The molecule has 0 aliphatic carbocycles. The van der Waals surface area contributed by atoms with Gasteiger partial charge in [0.15, 0.2) is 6.10 Å². The lowest BCUT2D eigenvalue weighted by molar-refractivity contribution is -0.123. The SMILES string of the molecule is Cc1cc(C)cc(NC(=O)C2CCc3ccc(C)cc3O2)c1. The molecule has 0 spiro atoms. The molecule has 114 valence electrons. The molecule has 3 rings (SSSR count). The van der Waals surface area contributed by atoms with Gasteiger partial charge in [-0.1, -0.05) is 18.2 Å². The van der Waals surface area contributed by atoms with E-state index in [1.807, 2.05) is 39.0 Å². The van der Waals surface area contributed by atoms with Gasteiger partial charge in [0.1, 0.15) is 5.75 Å². The lowest BCUT2D eigenvalue weighted by atomic mass is 10.0. The first-order valence-corrected chi connectivity index (χ1v) is 7.66. The van der Waals surface area contributed by atoms with Gasteiger partial charge in [-0.05, 0) is 74.1 Å². The van der Waals surface area contributed by atoms with Gasteiger partial charge in [0.25, 0.3) is 5.91 Å². The fraction of sp³-hybridized carbons (Fsp3) is 0.316. The van der Waals surface area contributed by atoms with Gasteiger partial charge >= 0.3 is 0 Å². The Morgan fingerprint density at radius 2 is 1.77 bits per heavy atom. The highest BCUT2D eigenvalue weighted by molar-refractivity contribution is 5.94. The molecule has 1 N–H and O–H groups in total. The Hall–Kier alpha value is -2.29. The second-order valence-corrected chi connectivity index (χ2v) is 6.12. The van der Waals surface area contributed by atoms with Crippen LogP contribution in [0.2, 0.25) is 0 Å². The number of nitrogens with one attached hydrogen (secondary N) is 1. The van der Waals surface area contributed by atoms with Crippen molar-refractivity contribution in [2.75, 3.05) is 5.32 Å². The van der Waals surface area contributed by atoms with E-state index in [0.29, 0.717) is 6.42 Å². The van der Waals surface area contributed by atoms with Crippen LogP contribution in [0.1, 0.15) is 28.7 Å². The quantitative estimate of drug-likeness (QED) is 0.911. The number of ether oxygens (including phenoxy) is 1. The molecule has 1 unspecified atom stereocenters. The van der Waals surface area contributed by atoms with E-state index in [4.69, 9.17) is 4.74 Å². The van der Waals surface area contributed by atoms with Gasteiger partial charge in [0, 0.05) is 5.69 Å². The predicted molar refractivity (Wildman–Crippen MR) is 88.5 cm³/mol. The first-order chi connectivity index (χ1) is 10.5. The van der Waals surface area contributed by atoms with E-state index < -0.39 is 6.10 Å². The summed E-state index contributed by atoms with van der Waals surface area (Å²) in [5.41, 5.74) is 5.44. The van der Waals surface area contributed by atoms with Gasteiger partial charge in [-0.3, -0.25) is 4.79 Å². The summed E-state index contributed by atoms with van der Waals surface area (Å²) in [6.45, 7) is 6.08. The van der Waals surface area contributed by atoms with Gasteiger partial charge < -0.3 is 10.1 Å². The zero-order chi connectivity index (χ0) is 15.7. The number of amides is 1. The number of rotatable bonds is 2. The van der Waals surface area contributed by atoms with Gasteiger partial charge in [0.2, 0.25) is 0 Å². The van der Waals surface area contributed by atoms with Crippen LogP contribution in [0.15, 0.2) is 36.4 Å². The minimum Gasteiger partial charge on any atom is -0.480 e. The van der Waals surface area contributed by atoms with Crippen LogP contribution < -0.4 is 10.1 Å². The van der Waals surface area contributed by atoms with Crippen molar-refractivity contribution in [2.45, 2.75) is 39.7 Å². The van der Waals surface area contributed by atoms with E-state index in [9.17, 15) is 4.79 Å². The molecule has 2 aromatic rings. The number of hydrogen-bond donors (Lipinski definition) is 1. The summed E-state index contributed by atoms with van der Waals surface area (Å²) in [4.78, 5) is 12.4. The fourth-order valence-corrected chi connectivity index (χ4v) is 2.93. The van der Waals surface area contributed by atoms with Crippen molar-refractivity contribution in [3.05, 3.63) is 58.7 Å². The maximum absolute atomic E-state index is 12.4. The van der Waals surface area contributed by atoms with Crippen LogP contribution in [0, 0.1) is 20.8 Å². The number of aryl methyl sites for hydroxylation is 4. The summed E-state index contributed by atoms with van der Waals surface area (Å²) in [6, 6.07) is 12.2. The molecule has 0 saturated heterocycles. The number of carbonyl (C=O) groups excluding carboxylic acids is 1. The third kappa shape index (κ3) is 3.14. The Bertz CT molecular complexity index is 701. The number of hydrogen-bond acceptors (Lipinski definition) is 2. The van der Waals surface area contributed by atoms with Crippen LogP contribution in [0.4, 0.5) is 5.69 Å². The second-order valence-electron chi connectivity index (χ2n) is 6.12. The third-order valence-electron chi connectivity index (χ3n) is 3.95. The first kappa shape index (κ1) is 14.6. The van der Waals surface area contributed by atoms with Crippen LogP contribution in [0.25, 0.3) is 0 Å². The van der Waals surface area contributed by atoms with Gasteiger partial charge in [-0.25, -0.2) is 0 Å². The molecule has 0 aromatic heterocycles. The molecule has 1 atom stereocenters. The molecule has 1 aliphatic heterocycles. The highest BCUT2D eigenvalue weighted by Gasteiger charge is 2.26. The zero-order valence-electron chi connectivity index (χ0n) is 13.3. The van der Waals surface area contributed by atoms with Crippen molar-refractivity contribution >= 4 is 11.6 Å². The molecule has 3 heteroatoms. The average molecular weight is 295 g/mol. The topological polar surface area (TPSA) is 38.3 Å². The zero-order valence-corrected chi connectivity index (χ0v) is 13.3. The van der Waals surface area contributed by atoms with Crippen molar-refractivity contribution in [1.29, 1.82) is 0 Å². The van der Waals surface area contributed by atoms with E-state index in [1.54, 1.807) is 0 Å². The van der Waals surface area contributed by atoms with E-state index >= 15 is 0 Å². The number of anilines is 1. The molecule has 22 heavy (non-hydrogen) atoms. The predicted octanol–water partition coefficient (Wildman–Crippen LogP) is 3.94. The van der Waals surface area contributed by atoms with Crippen molar-refractivity contribution in [2.24, 2.45) is 0 Å². The molecule has 0 radical (unpaired) electrons. The Kier molecular flexibility index (Phi) is 3.88. The first-order valence-electron chi connectivity index (χ1n) is 7.66. The highest BCUT2D eigenvalue weighted by Crippen LogP contribution is 2.29. The van der Waals surface area contributed by atoms with Crippen molar-refractivity contribution < 1.29 is 9.53 Å². The molecule has 1 amide bonds. The largest absolute Gasteiger partial charge is 0.480 e. The summed E-state index contributed by atoms with van der Waals surface area (Å²) < 4.78 is 5.90. The Morgan fingerprint density at radius 3 is 2.50 bits per heavy atom. The minimum atomic E-state index is -0.421. The minimum absolute atomic E-state index is 0.0721. The summed E-state index contributed by atoms with van der Waals surface area (Å²) in [5.74, 6) is 0.768. The fourth-order valence-electron chi connectivity index (χ4n) is 2.93. The van der Waals surface area contributed by atoms with E-state index in [-0.39, 0.29) is 5.91 Å². The summed E-state index contributed by atoms with van der Waals surface area (Å²) in [7, 11) is 0. The summed E-state index contributed by atoms with van der Waals surface area (Å²) in [6.07, 6.45) is 1.17. The molecular weight excluding hydrogens is 274 g/mol. The third-order valence-corrected chi connectivity index (χ3v) is 3.95. The van der Waals surface area contributed by atoms with Gasteiger partial charge in [-0.2, -0.15) is 0 Å². The van der Waals surface area contributed by atoms with E-state index in [1.165, 1.54) is 5.56 Å². The summed E-state index contributed by atoms with van der Waals surface area (Å²) >= 11 is 0. The van der Waals surface area contributed by atoms with Gasteiger partial charge in [0.05, 0.1) is 0 Å². The molecular formula is C19H21NO2. The van der Waals surface area contributed by atoms with Crippen LogP contribution in [0.5, 0.6) is 5.75 Å². The molecule has 3 nitrogen and oxygen atoms in total. The van der Waals surface area contributed by atoms with Crippen LogP contribution in [0.3, 0.4) is 0 Å². The molecule has 1 heterocycles. The Morgan fingerprint density at radius 1 is 1.05 bits per heavy atom. The van der Waals surface area contributed by atoms with E-state index in [2.05, 4.69) is 23.5 Å². The number of fused-ring (bicyclic) bond motifs is 1. The Labute approximate surface area is 131 Å². The smallest absolute Gasteiger partial charge is 0.265 e. The average Bonchev–Trinajstić information content (AvgIpc) is 2.45. The van der Waals surface area contributed by atoms with E-state index in [0.717, 1.165) is 34.5 Å². The number of carbonyl (C=O) groups is 1. The highest BCUT2D eigenvalue weighted by atomic mass is 16.5. The summed E-state index contributed by atoms with van der Waals surface area (Å²) in [5, 5.41) is 2.97. The molecule has 2 aromatic carbocycles. The molecule has 0 saturated carbocycles. The van der Waals surface area contributed by atoms with Crippen molar-refractivity contribution in [1.82, 2.24) is 0 Å². The Balaban J connectivity index is 1.73. The van der Waals surface area contributed by atoms with Crippen LogP contribution >= 0.6 is 0 Å². The lowest BCUT2D eigenvalue weighted by Crippen LogP contribution is -2.35. The van der Waals surface area contributed by atoms with Crippen LogP contribution in [-0.2, 0) is 11.2 Å². The van der Waals surface area contributed by atoms with Crippen LogP contribution in [-0.4, -0.2) is 12.0 Å². The maximum atomic E-state index is 12.4. The monoisotopic (exact) mass is 295 g/mol.